The van der Waals surface area contributed by atoms with Gasteiger partial charge in [0.25, 0.3) is 5.91 Å². The topological polar surface area (TPSA) is 37.3 Å². The molecule has 1 amide bonds. The first kappa shape index (κ1) is 17.3. The van der Waals surface area contributed by atoms with Gasteiger partial charge in [-0.15, -0.1) is 12.4 Å². The van der Waals surface area contributed by atoms with Gasteiger partial charge in [-0.2, -0.15) is 0 Å². The number of rotatable bonds is 4. The van der Waals surface area contributed by atoms with E-state index >= 15 is 0 Å². The summed E-state index contributed by atoms with van der Waals surface area (Å²) in [6.07, 6.45) is 5.18. The molecule has 0 spiro atoms. The quantitative estimate of drug-likeness (QED) is 0.926. The number of carbonyl (C=O) groups excluding carboxylic acids is 1. The van der Waals surface area contributed by atoms with Crippen LogP contribution in [0.2, 0.25) is 5.02 Å². The fraction of sp³-hybridized carbons (Fsp3) is 0.643. The minimum Gasteiger partial charge on any atom is -0.345 e. The van der Waals surface area contributed by atoms with E-state index in [1.807, 2.05) is 19.0 Å². The molecule has 0 radical (unpaired) electrons. The van der Waals surface area contributed by atoms with Crippen molar-refractivity contribution in [1.82, 2.24) is 14.8 Å². The zero-order valence-corrected chi connectivity index (χ0v) is 13.6. The molecule has 1 aliphatic rings. The van der Waals surface area contributed by atoms with Crippen LogP contribution in [-0.4, -0.2) is 42.1 Å². The van der Waals surface area contributed by atoms with Gasteiger partial charge in [0.05, 0.1) is 5.02 Å². The third-order valence-electron chi connectivity index (χ3n) is 3.90. The number of hydrogen-bond donors (Lipinski definition) is 1. The number of likely N-dealkylation sites (tertiary alicyclic amines) is 1. The molecule has 4 nitrogen and oxygen atoms in total. The Morgan fingerprint density at radius 2 is 2.10 bits per heavy atom. The van der Waals surface area contributed by atoms with Gasteiger partial charge in [-0.25, -0.2) is 0 Å². The number of hydrogen-bond acceptors (Lipinski definition) is 2. The lowest BCUT2D eigenvalue weighted by Crippen LogP contribution is -2.39. The first-order chi connectivity index (χ1) is 9.11. The van der Waals surface area contributed by atoms with Crippen molar-refractivity contribution >= 4 is 29.9 Å². The van der Waals surface area contributed by atoms with E-state index in [0.29, 0.717) is 10.7 Å². The highest BCUT2D eigenvalue weighted by atomic mass is 35.5. The molecule has 1 fully saturated rings. The molecule has 0 saturated carbocycles. The maximum atomic E-state index is 12.4. The van der Waals surface area contributed by atoms with Crippen molar-refractivity contribution < 1.29 is 4.79 Å². The molecule has 0 bridgehead atoms. The lowest BCUT2D eigenvalue weighted by molar-refractivity contribution is 0.0677. The van der Waals surface area contributed by atoms with Crippen LogP contribution in [0.4, 0.5) is 0 Å². The van der Waals surface area contributed by atoms with Gasteiger partial charge in [0.15, 0.2) is 0 Å². The molecule has 1 N–H and O–H groups in total. The summed E-state index contributed by atoms with van der Waals surface area (Å²) in [7, 11) is 3.84. The Balaban J connectivity index is 0.00000200. The van der Waals surface area contributed by atoms with Gasteiger partial charge >= 0.3 is 0 Å². The van der Waals surface area contributed by atoms with Crippen LogP contribution in [0.15, 0.2) is 12.3 Å². The van der Waals surface area contributed by atoms with Gasteiger partial charge in [0, 0.05) is 26.3 Å². The Hall–Kier alpha value is -0.710. The standard InChI is InChI=1S/C14H22ClN3O.ClH/c1-16-6-3-11-4-7-18(8-5-11)14(19)13-9-12(15)10-17(13)2;/h9-11,16H,3-8H2,1-2H3;1H. The van der Waals surface area contributed by atoms with E-state index in [9.17, 15) is 4.79 Å². The molecule has 2 rings (SSSR count). The van der Waals surface area contributed by atoms with Crippen molar-refractivity contribution in [2.75, 3.05) is 26.7 Å². The zero-order valence-electron chi connectivity index (χ0n) is 12.1. The largest absolute Gasteiger partial charge is 0.345 e. The average Bonchev–Trinajstić information content (AvgIpc) is 2.75. The number of halogens is 2. The van der Waals surface area contributed by atoms with E-state index in [1.54, 1.807) is 16.8 Å². The molecule has 6 heteroatoms. The second-order valence-corrected chi connectivity index (χ2v) is 5.72. The second-order valence-electron chi connectivity index (χ2n) is 5.28. The van der Waals surface area contributed by atoms with Crippen LogP contribution in [0.1, 0.15) is 29.8 Å². The van der Waals surface area contributed by atoms with E-state index in [4.69, 9.17) is 11.6 Å². The molecule has 0 unspecified atom stereocenters. The van der Waals surface area contributed by atoms with E-state index < -0.39 is 0 Å². The van der Waals surface area contributed by atoms with Gasteiger partial charge in [0.1, 0.15) is 5.69 Å². The van der Waals surface area contributed by atoms with Crippen molar-refractivity contribution in [3.63, 3.8) is 0 Å². The Morgan fingerprint density at radius 3 is 2.60 bits per heavy atom. The first-order valence-electron chi connectivity index (χ1n) is 6.87. The van der Waals surface area contributed by atoms with Gasteiger partial charge in [-0.1, -0.05) is 11.6 Å². The normalized spacial score (nSPS) is 16.1. The Bertz CT molecular complexity index is 440. The zero-order chi connectivity index (χ0) is 13.8. The molecule has 20 heavy (non-hydrogen) atoms. The van der Waals surface area contributed by atoms with Crippen LogP contribution < -0.4 is 5.32 Å². The van der Waals surface area contributed by atoms with Gasteiger partial charge in [-0.3, -0.25) is 4.79 Å². The molecule has 0 aliphatic carbocycles. The van der Waals surface area contributed by atoms with Crippen LogP contribution in [0, 0.1) is 5.92 Å². The van der Waals surface area contributed by atoms with Crippen LogP contribution in [-0.2, 0) is 7.05 Å². The second kappa shape index (κ2) is 7.91. The van der Waals surface area contributed by atoms with Gasteiger partial charge < -0.3 is 14.8 Å². The SMILES string of the molecule is CNCCC1CCN(C(=O)c2cc(Cl)cn2C)CC1.Cl. The Labute approximate surface area is 131 Å². The summed E-state index contributed by atoms with van der Waals surface area (Å²) >= 11 is 5.93. The number of aromatic nitrogens is 1. The number of nitrogens with zero attached hydrogens (tertiary/aromatic N) is 2. The summed E-state index contributed by atoms with van der Waals surface area (Å²) in [5.41, 5.74) is 0.679. The summed E-state index contributed by atoms with van der Waals surface area (Å²) in [5, 5.41) is 3.81. The molecule has 2 heterocycles. The highest BCUT2D eigenvalue weighted by Gasteiger charge is 2.24. The van der Waals surface area contributed by atoms with Gasteiger partial charge in [0.2, 0.25) is 0 Å². The van der Waals surface area contributed by atoms with Crippen molar-refractivity contribution in [2.24, 2.45) is 13.0 Å². The molecule has 1 aromatic heterocycles. The number of piperidine rings is 1. The summed E-state index contributed by atoms with van der Waals surface area (Å²) in [5.74, 6) is 0.843. The van der Waals surface area contributed by atoms with Crippen LogP contribution in [0.3, 0.4) is 0 Å². The number of amides is 1. The van der Waals surface area contributed by atoms with Crippen LogP contribution in [0.25, 0.3) is 0 Å². The Kier molecular flexibility index (Phi) is 6.86. The highest BCUT2D eigenvalue weighted by Crippen LogP contribution is 2.22. The first-order valence-corrected chi connectivity index (χ1v) is 7.25. The predicted octanol–water partition coefficient (Wildman–Crippen LogP) is 2.56. The molecule has 1 aliphatic heterocycles. The van der Waals surface area contributed by atoms with Crippen molar-refractivity contribution in [2.45, 2.75) is 19.3 Å². The van der Waals surface area contributed by atoms with Crippen molar-refractivity contribution in [3.05, 3.63) is 23.0 Å². The smallest absolute Gasteiger partial charge is 0.270 e. The summed E-state index contributed by atoms with van der Waals surface area (Å²) in [6.45, 7) is 2.78. The summed E-state index contributed by atoms with van der Waals surface area (Å²) < 4.78 is 1.80. The molecule has 1 aromatic rings. The van der Waals surface area contributed by atoms with Crippen LogP contribution in [0.5, 0.6) is 0 Å². The molecule has 114 valence electrons. The third-order valence-corrected chi connectivity index (χ3v) is 4.10. The molecule has 0 aromatic carbocycles. The maximum absolute atomic E-state index is 12.4. The predicted molar refractivity (Wildman–Crippen MR) is 84.8 cm³/mol. The third kappa shape index (κ3) is 4.14. The number of carbonyl (C=O) groups is 1. The van der Waals surface area contributed by atoms with Crippen LogP contribution >= 0.6 is 24.0 Å². The lowest BCUT2D eigenvalue weighted by Gasteiger charge is -2.32. The summed E-state index contributed by atoms with van der Waals surface area (Å²) in [4.78, 5) is 14.3. The van der Waals surface area contributed by atoms with Crippen molar-refractivity contribution in [1.29, 1.82) is 0 Å². The van der Waals surface area contributed by atoms with Crippen molar-refractivity contribution in [3.8, 4) is 0 Å². The van der Waals surface area contributed by atoms with E-state index in [1.165, 1.54) is 6.42 Å². The van der Waals surface area contributed by atoms with E-state index in [2.05, 4.69) is 5.32 Å². The monoisotopic (exact) mass is 319 g/mol. The highest BCUT2D eigenvalue weighted by molar-refractivity contribution is 6.31. The van der Waals surface area contributed by atoms with Gasteiger partial charge in [-0.05, 0) is 44.8 Å². The number of nitrogens with one attached hydrogen (secondary N) is 1. The molecule has 1 saturated heterocycles. The Morgan fingerprint density at radius 1 is 1.45 bits per heavy atom. The number of aryl methyl sites for hydroxylation is 1. The summed E-state index contributed by atoms with van der Waals surface area (Å²) in [6, 6.07) is 1.75. The van der Waals surface area contributed by atoms with E-state index in [0.717, 1.165) is 38.4 Å². The fourth-order valence-corrected chi connectivity index (χ4v) is 2.92. The fourth-order valence-electron chi connectivity index (χ4n) is 2.67. The lowest BCUT2D eigenvalue weighted by atomic mass is 9.93. The minimum absolute atomic E-state index is 0. The maximum Gasteiger partial charge on any atom is 0.270 e. The minimum atomic E-state index is 0. The molecule has 0 atom stereocenters. The van der Waals surface area contributed by atoms with E-state index in [-0.39, 0.29) is 18.3 Å². The molecular formula is C14H23Cl2N3O. The average molecular weight is 320 g/mol. The molecular weight excluding hydrogens is 297 g/mol.